The topological polar surface area (TPSA) is 126 Å². The van der Waals surface area contributed by atoms with Crippen LogP contribution in [0.3, 0.4) is 0 Å². The number of aromatic nitrogens is 3. The molecular weight excluding hydrogens is 492 g/mol. The first-order chi connectivity index (χ1) is 17.5. The van der Waals surface area contributed by atoms with Crippen LogP contribution in [0.1, 0.15) is 27.2 Å². The predicted molar refractivity (Wildman–Crippen MR) is 130 cm³/mol. The van der Waals surface area contributed by atoms with Crippen molar-refractivity contribution < 1.29 is 22.4 Å². The van der Waals surface area contributed by atoms with Gasteiger partial charge in [-0.3, -0.25) is 9.59 Å². The summed E-state index contributed by atoms with van der Waals surface area (Å²) < 4.78 is 53.0. The van der Waals surface area contributed by atoms with Gasteiger partial charge < -0.3 is 21.4 Å². The van der Waals surface area contributed by atoms with Crippen molar-refractivity contribution in [2.24, 2.45) is 0 Å². The molecule has 0 aliphatic rings. The van der Waals surface area contributed by atoms with Crippen LogP contribution >= 0.6 is 0 Å². The molecule has 5 N–H and O–H groups in total. The van der Waals surface area contributed by atoms with Crippen molar-refractivity contribution in [1.82, 2.24) is 15.0 Å². The lowest BCUT2D eigenvalue weighted by Crippen LogP contribution is -2.18. The number of aromatic amines is 1. The number of nitrogens with one attached hydrogen (secondary N) is 3. The molecule has 0 saturated carbocycles. The largest absolute Gasteiger partial charge is 0.417 e. The Balaban J connectivity index is 1.56. The summed E-state index contributed by atoms with van der Waals surface area (Å²) in [7, 11) is 0. The average molecular weight is 512 g/mol. The van der Waals surface area contributed by atoms with Crippen LogP contribution in [0.25, 0.3) is 11.3 Å². The van der Waals surface area contributed by atoms with Gasteiger partial charge in [-0.05, 0) is 48.4 Å². The second-order valence-corrected chi connectivity index (χ2v) is 8.04. The number of alkyl halides is 3. The maximum Gasteiger partial charge on any atom is 0.417 e. The van der Waals surface area contributed by atoms with Crippen molar-refractivity contribution in [2.75, 3.05) is 16.4 Å². The molecule has 0 aliphatic carbocycles. The molecule has 0 unspecified atom stereocenters. The molecule has 0 spiro atoms. The summed E-state index contributed by atoms with van der Waals surface area (Å²) in [5.74, 6) is -1.58. The lowest BCUT2D eigenvalue weighted by molar-refractivity contribution is -0.137. The van der Waals surface area contributed by atoms with Crippen LogP contribution in [0.2, 0.25) is 0 Å². The number of hydrogen-bond donors (Lipinski definition) is 4. The lowest BCUT2D eigenvalue weighted by Gasteiger charge is -2.15. The number of carbonyl (C=O) groups excluding carboxylic acids is 1. The summed E-state index contributed by atoms with van der Waals surface area (Å²) in [5, 5.41) is 5.33. The minimum absolute atomic E-state index is 0.0698. The van der Waals surface area contributed by atoms with Gasteiger partial charge >= 0.3 is 6.18 Å². The van der Waals surface area contributed by atoms with Gasteiger partial charge in [-0.2, -0.15) is 13.2 Å². The molecular formula is C25H20F4N6O2. The highest BCUT2D eigenvalue weighted by molar-refractivity contribution is 6.07. The van der Waals surface area contributed by atoms with Crippen molar-refractivity contribution in [3.8, 4) is 11.3 Å². The minimum Gasteiger partial charge on any atom is -0.379 e. The highest BCUT2D eigenvalue weighted by Gasteiger charge is 2.32. The van der Waals surface area contributed by atoms with Gasteiger partial charge in [-0.25, -0.2) is 14.4 Å². The van der Waals surface area contributed by atoms with Crippen molar-refractivity contribution in [1.29, 1.82) is 0 Å². The van der Waals surface area contributed by atoms with E-state index < -0.39 is 29.0 Å². The second-order valence-electron chi connectivity index (χ2n) is 8.04. The van der Waals surface area contributed by atoms with E-state index in [0.29, 0.717) is 29.2 Å². The Hall–Kier alpha value is -4.74. The van der Waals surface area contributed by atoms with Gasteiger partial charge in [0, 0.05) is 18.4 Å². The zero-order valence-corrected chi connectivity index (χ0v) is 19.3. The molecule has 0 aliphatic heterocycles. The average Bonchev–Trinajstić information content (AvgIpc) is 2.86. The van der Waals surface area contributed by atoms with Crippen molar-refractivity contribution in [3.05, 3.63) is 99.3 Å². The molecule has 0 atom stereocenters. The minimum atomic E-state index is -4.71. The van der Waals surface area contributed by atoms with Crippen LogP contribution in [0.5, 0.6) is 0 Å². The van der Waals surface area contributed by atoms with Crippen LogP contribution in [0.4, 0.5) is 34.9 Å². The van der Waals surface area contributed by atoms with E-state index in [1.165, 1.54) is 12.1 Å². The number of rotatable bonds is 6. The van der Waals surface area contributed by atoms with Crippen LogP contribution in [0.15, 0.2) is 65.6 Å². The van der Waals surface area contributed by atoms with Crippen LogP contribution in [-0.4, -0.2) is 20.9 Å². The van der Waals surface area contributed by atoms with Crippen molar-refractivity contribution >= 4 is 23.2 Å². The third-order valence-corrected chi connectivity index (χ3v) is 5.39. The summed E-state index contributed by atoms with van der Waals surface area (Å²) in [5.41, 5.74) is 6.24. The van der Waals surface area contributed by atoms with E-state index in [0.717, 1.165) is 17.7 Å². The molecule has 12 heteroatoms. The Morgan fingerprint density at radius 1 is 1.08 bits per heavy atom. The molecule has 8 nitrogen and oxygen atoms in total. The van der Waals surface area contributed by atoms with Gasteiger partial charge in [-0.1, -0.05) is 24.3 Å². The van der Waals surface area contributed by atoms with E-state index in [4.69, 9.17) is 5.73 Å². The van der Waals surface area contributed by atoms with Crippen molar-refractivity contribution in [3.63, 3.8) is 0 Å². The maximum atomic E-state index is 13.3. The molecule has 190 valence electrons. The molecule has 4 aromatic rings. The molecule has 2 aromatic heterocycles. The molecule has 4 rings (SSSR count). The van der Waals surface area contributed by atoms with E-state index >= 15 is 0 Å². The van der Waals surface area contributed by atoms with Gasteiger partial charge in [0.15, 0.2) is 5.82 Å². The Bertz CT molecular complexity index is 1500. The number of nitrogens with two attached hydrogens (primary N) is 1. The predicted octanol–water partition coefficient (Wildman–Crippen LogP) is 4.74. The number of pyridine rings is 1. The lowest BCUT2D eigenvalue weighted by atomic mass is 10.1. The number of carbonyl (C=O) groups is 1. The second kappa shape index (κ2) is 10.1. The summed E-state index contributed by atoms with van der Waals surface area (Å²) >= 11 is 0. The smallest absolute Gasteiger partial charge is 0.379 e. The van der Waals surface area contributed by atoms with E-state index in [9.17, 15) is 27.2 Å². The fourth-order valence-electron chi connectivity index (χ4n) is 3.48. The highest BCUT2D eigenvalue weighted by atomic mass is 19.4. The first-order valence-corrected chi connectivity index (χ1v) is 10.8. The SMILES string of the molecule is Cc1nc(N)c(=O)[nH]c1-c1ccc(CNc2ncc(C(F)(F)F)cc2C(=O)Nc2ccc(F)cc2)cc1. The van der Waals surface area contributed by atoms with E-state index in [1.807, 2.05) is 0 Å². The van der Waals surface area contributed by atoms with Gasteiger partial charge in [0.1, 0.15) is 11.6 Å². The van der Waals surface area contributed by atoms with Gasteiger partial charge in [-0.15, -0.1) is 0 Å². The van der Waals surface area contributed by atoms with Crippen LogP contribution in [0, 0.1) is 12.7 Å². The van der Waals surface area contributed by atoms with Crippen LogP contribution < -0.4 is 21.9 Å². The molecule has 0 saturated heterocycles. The molecule has 0 fully saturated rings. The van der Waals surface area contributed by atoms with Crippen molar-refractivity contribution in [2.45, 2.75) is 19.6 Å². The number of anilines is 3. The van der Waals surface area contributed by atoms with Gasteiger partial charge in [0.25, 0.3) is 11.5 Å². The number of nitrogen functional groups attached to an aromatic ring is 1. The summed E-state index contributed by atoms with van der Waals surface area (Å²) in [4.78, 5) is 35.1. The number of halogens is 4. The molecule has 2 aromatic carbocycles. The quantitative estimate of drug-likeness (QED) is 0.277. The molecule has 2 heterocycles. The van der Waals surface area contributed by atoms with E-state index in [1.54, 1.807) is 31.2 Å². The number of benzene rings is 2. The first-order valence-electron chi connectivity index (χ1n) is 10.8. The monoisotopic (exact) mass is 512 g/mol. The summed E-state index contributed by atoms with van der Waals surface area (Å²) in [6.07, 6.45) is -4.07. The third kappa shape index (κ3) is 5.92. The summed E-state index contributed by atoms with van der Waals surface area (Å²) in [6.45, 7) is 1.83. The molecule has 1 amide bonds. The number of amides is 1. The number of H-pyrrole nitrogens is 1. The van der Waals surface area contributed by atoms with Gasteiger partial charge in [0.2, 0.25) is 0 Å². The zero-order chi connectivity index (χ0) is 26.7. The Morgan fingerprint density at radius 3 is 2.41 bits per heavy atom. The Labute approximate surface area is 207 Å². The standard InChI is InChI=1S/C25H20F4N6O2/c1-13-20(35-24(37)21(30)33-13)15-4-2-14(3-5-15)11-31-22-19(10-16(12-32-22)25(27,28)29)23(36)34-18-8-6-17(26)7-9-18/h2-10,12H,11H2,1H3,(H2,30,33)(H,31,32)(H,34,36)(H,35,37). The number of hydrogen-bond acceptors (Lipinski definition) is 6. The highest BCUT2D eigenvalue weighted by Crippen LogP contribution is 2.31. The van der Waals surface area contributed by atoms with Gasteiger partial charge in [0.05, 0.1) is 22.5 Å². The molecule has 37 heavy (non-hydrogen) atoms. The maximum absolute atomic E-state index is 13.3. The van der Waals surface area contributed by atoms with Crippen LogP contribution in [-0.2, 0) is 12.7 Å². The zero-order valence-electron chi connectivity index (χ0n) is 19.3. The molecule has 0 bridgehead atoms. The normalized spacial score (nSPS) is 11.3. The molecule has 0 radical (unpaired) electrons. The van der Waals surface area contributed by atoms with E-state index in [-0.39, 0.29) is 29.4 Å². The third-order valence-electron chi connectivity index (χ3n) is 5.39. The fraction of sp³-hybridized carbons (Fsp3) is 0.120. The number of nitrogens with zero attached hydrogens (tertiary/aromatic N) is 2. The first kappa shape index (κ1) is 25.4. The Morgan fingerprint density at radius 2 is 1.76 bits per heavy atom. The number of aryl methyl sites for hydroxylation is 1. The Kier molecular flexibility index (Phi) is 6.92. The summed E-state index contributed by atoms with van der Waals surface area (Å²) in [6, 6.07) is 12.4. The fourth-order valence-corrected chi connectivity index (χ4v) is 3.48. The van der Waals surface area contributed by atoms with E-state index in [2.05, 4.69) is 25.6 Å².